The average molecular weight is 491 g/mol. The molecule has 0 heterocycles. The van der Waals surface area contributed by atoms with Crippen LogP contribution in [0.5, 0.6) is 0 Å². The van der Waals surface area contributed by atoms with Crippen LogP contribution in [0.25, 0.3) is 0 Å². The molecule has 168 valence electrons. The van der Waals surface area contributed by atoms with Gasteiger partial charge in [-0.15, -0.1) is 0 Å². The molecule has 3 rings (SSSR count). The minimum atomic E-state index is -3.91. The Balaban J connectivity index is 1.87. The maximum Gasteiger partial charge on any atom is 0.243 e. The van der Waals surface area contributed by atoms with Gasteiger partial charge in [-0.1, -0.05) is 65.7 Å². The van der Waals surface area contributed by atoms with E-state index in [1.807, 2.05) is 43.3 Å². The molecule has 0 saturated carbocycles. The van der Waals surface area contributed by atoms with Crippen molar-refractivity contribution in [2.45, 2.75) is 25.2 Å². The number of hydrogen-bond acceptors (Lipinski definition) is 3. The van der Waals surface area contributed by atoms with Gasteiger partial charge < -0.3 is 5.32 Å². The highest BCUT2D eigenvalue weighted by Crippen LogP contribution is 2.24. The van der Waals surface area contributed by atoms with Crippen molar-refractivity contribution in [1.29, 1.82) is 0 Å². The fourth-order valence-corrected chi connectivity index (χ4v) is 5.53. The molecule has 0 spiro atoms. The second-order valence-corrected chi connectivity index (χ2v) is 10.3. The lowest BCUT2D eigenvalue weighted by Gasteiger charge is -2.23. The van der Waals surface area contributed by atoms with Gasteiger partial charge in [0.25, 0.3) is 0 Å². The van der Waals surface area contributed by atoms with E-state index in [1.54, 1.807) is 37.3 Å². The zero-order valence-corrected chi connectivity index (χ0v) is 20.1. The third kappa shape index (κ3) is 6.33. The van der Waals surface area contributed by atoms with E-state index in [2.05, 4.69) is 5.32 Å². The van der Waals surface area contributed by atoms with Crippen molar-refractivity contribution < 1.29 is 13.2 Å². The number of amides is 1. The maximum atomic E-state index is 13.5. The fraction of sp³-hybridized carbons (Fsp3) is 0.208. The van der Waals surface area contributed by atoms with E-state index in [1.165, 1.54) is 4.31 Å². The van der Waals surface area contributed by atoms with E-state index in [-0.39, 0.29) is 18.0 Å². The van der Waals surface area contributed by atoms with Crippen LogP contribution in [0, 0.1) is 13.8 Å². The Morgan fingerprint density at radius 3 is 2.25 bits per heavy atom. The third-order valence-electron chi connectivity index (χ3n) is 4.92. The molecule has 5 nitrogen and oxygen atoms in total. The van der Waals surface area contributed by atoms with Crippen LogP contribution in [0.1, 0.15) is 16.7 Å². The number of carbonyl (C=O) groups excluding carboxylic acids is 1. The molecule has 1 N–H and O–H groups in total. The largest absolute Gasteiger partial charge is 0.325 e. The first-order valence-corrected chi connectivity index (χ1v) is 12.2. The fourth-order valence-electron chi connectivity index (χ4n) is 3.29. The molecule has 0 atom stereocenters. The minimum absolute atomic E-state index is 0.156. The van der Waals surface area contributed by atoms with Crippen molar-refractivity contribution in [2.24, 2.45) is 0 Å². The molecule has 0 aliphatic rings. The lowest BCUT2D eigenvalue weighted by atomic mass is 10.1. The van der Waals surface area contributed by atoms with E-state index in [9.17, 15) is 13.2 Å². The molecule has 0 radical (unpaired) electrons. The zero-order chi connectivity index (χ0) is 23.3. The van der Waals surface area contributed by atoms with Gasteiger partial charge in [-0.25, -0.2) is 8.42 Å². The van der Waals surface area contributed by atoms with Gasteiger partial charge in [0, 0.05) is 22.3 Å². The molecule has 1 amide bonds. The van der Waals surface area contributed by atoms with Crippen molar-refractivity contribution >= 4 is 44.8 Å². The Hall–Kier alpha value is -2.38. The number of sulfonamides is 1. The number of aryl methyl sites for hydroxylation is 2. The molecule has 3 aromatic carbocycles. The second kappa shape index (κ2) is 10.5. The average Bonchev–Trinajstić information content (AvgIpc) is 2.72. The summed E-state index contributed by atoms with van der Waals surface area (Å²) in [7, 11) is -3.91. The van der Waals surface area contributed by atoms with Crippen molar-refractivity contribution in [3.8, 4) is 0 Å². The molecule has 0 aromatic heterocycles. The Morgan fingerprint density at radius 2 is 1.59 bits per heavy atom. The first-order chi connectivity index (χ1) is 15.1. The first-order valence-electron chi connectivity index (χ1n) is 10.0. The SMILES string of the molecule is Cc1ccc(C)c(S(=O)(=O)N(CCc2ccccc2)CC(=O)Nc2cc(Cl)cc(Cl)c2)c1. The Kier molecular flexibility index (Phi) is 7.96. The van der Waals surface area contributed by atoms with E-state index >= 15 is 0 Å². The highest BCUT2D eigenvalue weighted by atomic mass is 35.5. The number of anilines is 1. The van der Waals surface area contributed by atoms with Crippen LogP contribution in [-0.2, 0) is 21.2 Å². The van der Waals surface area contributed by atoms with Crippen molar-refractivity contribution in [2.75, 3.05) is 18.4 Å². The molecule has 3 aromatic rings. The van der Waals surface area contributed by atoms with E-state index in [0.29, 0.717) is 27.7 Å². The van der Waals surface area contributed by atoms with Gasteiger partial charge in [-0.3, -0.25) is 4.79 Å². The summed E-state index contributed by atoms with van der Waals surface area (Å²) in [5.41, 5.74) is 2.84. The molecule has 8 heteroatoms. The van der Waals surface area contributed by atoms with Crippen LogP contribution in [0.15, 0.2) is 71.6 Å². The number of nitrogens with one attached hydrogen (secondary N) is 1. The topological polar surface area (TPSA) is 66.5 Å². The molecular weight excluding hydrogens is 467 g/mol. The summed E-state index contributed by atoms with van der Waals surface area (Å²) in [6.45, 7) is 3.40. The molecule has 0 saturated heterocycles. The van der Waals surface area contributed by atoms with Gasteiger partial charge >= 0.3 is 0 Å². The summed E-state index contributed by atoms with van der Waals surface area (Å²) in [6, 6.07) is 19.5. The van der Waals surface area contributed by atoms with Crippen molar-refractivity contribution in [3.63, 3.8) is 0 Å². The number of carbonyl (C=O) groups is 1. The smallest absolute Gasteiger partial charge is 0.243 e. The molecule has 0 aliphatic carbocycles. The van der Waals surface area contributed by atoms with Gasteiger partial charge in [0.15, 0.2) is 0 Å². The van der Waals surface area contributed by atoms with Gasteiger partial charge in [-0.05, 0) is 61.2 Å². The van der Waals surface area contributed by atoms with Crippen molar-refractivity contribution in [1.82, 2.24) is 4.31 Å². The predicted octanol–water partition coefficient (Wildman–Crippen LogP) is 5.48. The summed E-state index contributed by atoms with van der Waals surface area (Å²) in [5.74, 6) is -0.481. The van der Waals surface area contributed by atoms with Crippen molar-refractivity contribution in [3.05, 3.63) is 93.5 Å². The highest BCUT2D eigenvalue weighted by Gasteiger charge is 2.28. The molecule has 32 heavy (non-hydrogen) atoms. The predicted molar refractivity (Wildman–Crippen MR) is 130 cm³/mol. The Labute approximate surface area is 199 Å². The molecule has 0 fully saturated rings. The monoisotopic (exact) mass is 490 g/mol. The van der Waals surface area contributed by atoms with Crippen LogP contribution in [0.4, 0.5) is 5.69 Å². The Morgan fingerprint density at radius 1 is 0.938 bits per heavy atom. The normalized spacial score (nSPS) is 11.5. The lowest BCUT2D eigenvalue weighted by Crippen LogP contribution is -2.39. The standard InChI is InChI=1S/C24H24Cl2N2O3S/c1-17-8-9-18(2)23(12-17)32(30,31)28(11-10-19-6-4-3-5-7-19)16-24(29)27-22-14-20(25)13-21(26)15-22/h3-9,12-15H,10-11,16H2,1-2H3,(H,27,29). The van der Waals surface area contributed by atoms with Crippen LogP contribution in [-0.4, -0.2) is 31.7 Å². The van der Waals surface area contributed by atoms with Gasteiger partial charge in [0.1, 0.15) is 0 Å². The molecule has 0 bridgehead atoms. The summed E-state index contributed by atoms with van der Waals surface area (Å²) >= 11 is 12.0. The van der Waals surface area contributed by atoms with E-state index in [4.69, 9.17) is 23.2 Å². The summed E-state index contributed by atoms with van der Waals surface area (Å²) < 4.78 is 28.3. The summed E-state index contributed by atoms with van der Waals surface area (Å²) in [5, 5.41) is 3.43. The van der Waals surface area contributed by atoms with Gasteiger partial charge in [0.05, 0.1) is 11.4 Å². The van der Waals surface area contributed by atoms with Crippen LogP contribution in [0.2, 0.25) is 10.0 Å². The number of benzene rings is 3. The molecular formula is C24H24Cl2N2O3S. The third-order valence-corrected chi connectivity index (χ3v) is 7.34. The molecule has 0 aliphatic heterocycles. The number of rotatable bonds is 8. The van der Waals surface area contributed by atoms with E-state index in [0.717, 1.165) is 11.1 Å². The zero-order valence-electron chi connectivity index (χ0n) is 17.8. The summed E-state index contributed by atoms with van der Waals surface area (Å²) in [6.07, 6.45) is 0.473. The summed E-state index contributed by atoms with van der Waals surface area (Å²) in [4.78, 5) is 13.0. The molecule has 0 unspecified atom stereocenters. The quantitative estimate of drug-likeness (QED) is 0.454. The number of nitrogens with zero attached hydrogens (tertiary/aromatic N) is 1. The maximum absolute atomic E-state index is 13.5. The lowest BCUT2D eigenvalue weighted by molar-refractivity contribution is -0.116. The van der Waals surface area contributed by atoms with Crippen LogP contribution >= 0.6 is 23.2 Å². The van der Waals surface area contributed by atoms with Gasteiger partial charge in [0.2, 0.25) is 15.9 Å². The second-order valence-electron chi connectivity index (χ2n) is 7.55. The highest BCUT2D eigenvalue weighted by molar-refractivity contribution is 7.89. The van der Waals surface area contributed by atoms with Gasteiger partial charge in [-0.2, -0.15) is 4.31 Å². The first kappa shape index (κ1) is 24.3. The van der Waals surface area contributed by atoms with Crippen LogP contribution in [0.3, 0.4) is 0 Å². The van der Waals surface area contributed by atoms with E-state index < -0.39 is 15.9 Å². The number of halogens is 2. The number of hydrogen-bond donors (Lipinski definition) is 1. The van der Waals surface area contributed by atoms with Crippen LogP contribution < -0.4 is 5.32 Å². The minimum Gasteiger partial charge on any atom is -0.325 e. The Bertz CT molecular complexity index is 1190.